The van der Waals surface area contributed by atoms with E-state index in [1.54, 1.807) is 7.11 Å². The summed E-state index contributed by atoms with van der Waals surface area (Å²) in [7, 11) is 1.62. The minimum Gasteiger partial charge on any atom is -0.497 e. The number of benzene rings is 1. The fraction of sp³-hybridized carbons (Fsp3) is 0.400. The predicted octanol–water partition coefficient (Wildman–Crippen LogP) is 3.46. The van der Waals surface area contributed by atoms with Crippen LogP contribution in [-0.2, 0) is 0 Å². The van der Waals surface area contributed by atoms with Gasteiger partial charge in [-0.1, -0.05) is 24.2 Å². The first-order valence-electron chi connectivity index (χ1n) is 4.50. The van der Waals surface area contributed by atoms with Gasteiger partial charge in [0.15, 0.2) is 0 Å². The Morgan fingerprint density at radius 3 is 2.50 bits per heavy atom. The molecule has 0 amide bonds. The number of rotatable bonds is 4. The molecule has 0 saturated heterocycles. The molecule has 0 radical (unpaired) electrons. The molecular weight excluding hydrogens is 178 g/mol. The van der Waals surface area contributed by atoms with Gasteiger partial charge in [0.2, 0.25) is 0 Å². The quantitative estimate of drug-likeness (QED) is 0.408. The first-order valence-corrected chi connectivity index (χ1v) is 4.50. The molecule has 4 heteroatoms. The van der Waals surface area contributed by atoms with Crippen molar-refractivity contribution >= 4 is 0 Å². The van der Waals surface area contributed by atoms with Crippen LogP contribution in [0.15, 0.2) is 29.4 Å². The van der Waals surface area contributed by atoms with Gasteiger partial charge in [-0.2, -0.15) is 0 Å². The molecule has 1 atom stereocenters. The molecule has 1 unspecified atom stereocenters. The minimum absolute atomic E-state index is 0.0779. The summed E-state index contributed by atoms with van der Waals surface area (Å²) in [6.07, 6.45) is 0.802. The molecule has 0 fully saturated rings. The predicted molar refractivity (Wildman–Crippen MR) is 55.2 cm³/mol. The van der Waals surface area contributed by atoms with Gasteiger partial charge in [-0.3, -0.25) is 0 Å². The second-order valence-electron chi connectivity index (χ2n) is 2.90. The van der Waals surface area contributed by atoms with E-state index in [4.69, 9.17) is 10.3 Å². The van der Waals surface area contributed by atoms with Crippen molar-refractivity contribution in [2.75, 3.05) is 7.11 Å². The Morgan fingerprint density at radius 1 is 1.43 bits per heavy atom. The lowest BCUT2D eigenvalue weighted by Gasteiger charge is -2.08. The zero-order chi connectivity index (χ0) is 10.4. The van der Waals surface area contributed by atoms with E-state index in [1.165, 1.54) is 0 Å². The first-order chi connectivity index (χ1) is 6.81. The van der Waals surface area contributed by atoms with Gasteiger partial charge in [0, 0.05) is 4.91 Å². The first kappa shape index (κ1) is 10.4. The van der Waals surface area contributed by atoms with Gasteiger partial charge < -0.3 is 4.74 Å². The summed E-state index contributed by atoms with van der Waals surface area (Å²) in [6.45, 7) is 1.99. The topological polar surface area (TPSA) is 58.0 Å². The Balaban J connectivity index is 2.88. The van der Waals surface area contributed by atoms with E-state index >= 15 is 0 Å². The standard InChI is InChI=1S/C10H13N3O/c1-3-10(12-13-11)8-4-6-9(14-2)7-5-8/h4-7,10H,3H2,1-2H3. The molecule has 0 aliphatic carbocycles. The summed E-state index contributed by atoms with van der Waals surface area (Å²) in [5.41, 5.74) is 9.38. The van der Waals surface area contributed by atoms with E-state index < -0.39 is 0 Å². The molecule has 0 saturated carbocycles. The van der Waals surface area contributed by atoms with Crippen molar-refractivity contribution in [3.63, 3.8) is 0 Å². The zero-order valence-electron chi connectivity index (χ0n) is 8.34. The largest absolute Gasteiger partial charge is 0.497 e. The Hall–Kier alpha value is -1.67. The van der Waals surface area contributed by atoms with Crippen molar-refractivity contribution in [2.45, 2.75) is 19.4 Å². The number of nitrogens with zero attached hydrogens (tertiary/aromatic N) is 3. The van der Waals surface area contributed by atoms with Crippen LogP contribution in [0.1, 0.15) is 24.9 Å². The summed E-state index contributed by atoms with van der Waals surface area (Å²) >= 11 is 0. The summed E-state index contributed by atoms with van der Waals surface area (Å²) in [5, 5.41) is 3.71. The van der Waals surface area contributed by atoms with E-state index in [9.17, 15) is 0 Å². The fourth-order valence-corrected chi connectivity index (χ4v) is 1.27. The third-order valence-electron chi connectivity index (χ3n) is 2.08. The highest BCUT2D eigenvalue weighted by atomic mass is 16.5. The average molecular weight is 191 g/mol. The summed E-state index contributed by atoms with van der Waals surface area (Å²) in [6, 6.07) is 7.49. The van der Waals surface area contributed by atoms with Gasteiger partial charge in [0.05, 0.1) is 13.2 Å². The average Bonchev–Trinajstić information content (AvgIpc) is 2.26. The smallest absolute Gasteiger partial charge is 0.118 e. The molecular formula is C10H13N3O. The fourth-order valence-electron chi connectivity index (χ4n) is 1.27. The highest BCUT2D eigenvalue weighted by molar-refractivity contribution is 5.29. The lowest BCUT2D eigenvalue weighted by molar-refractivity contribution is 0.414. The van der Waals surface area contributed by atoms with Gasteiger partial charge in [-0.15, -0.1) is 0 Å². The number of ether oxygens (including phenoxy) is 1. The maximum absolute atomic E-state index is 8.36. The Kier molecular flexibility index (Phi) is 3.83. The van der Waals surface area contributed by atoms with Crippen molar-refractivity contribution < 1.29 is 4.74 Å². The molecule has 1 aromatic carbocycles. The number of hydrogen-bond acceptors (Lipinski definition) is 2. The number of methoxy groups -OCH3 is 1. The summed E-state index contributed by atoms with van der Waals surface area (Å²) in [5.74, 6) is 0.810. The van der Waals surface area contributed by atoms with Crippen molar-refractivity contribution in [3.05, 3.63) is 40.3 Å². The van der Waals surface area contributed by atoms with Gasteiger partial charge in [-0.05, 0) is 29.6 Å². The molecule has 74 valence electrons. The molecule has 0 heterocycles. The highest BCUT2D eigenvalue weighted by Gasteiger charge is 2.05. The molecule has 1 rings (SSSR count). The highest BCUT2D eigenvalue weighted by Crippen LogP contribution is 2.23. The van der Waals surface area contributed by atoms with Crippen molar-refractivity contribution in [2.24, 2.45) is 5.11 Å². The van der Waals surface area contributed by atoms with Crippen molar-refractivity contribution in [1.82, 2.24) is 0 Å². The molecule has 0 aliphatic rings. The normalized spacial score (nSPS) is 11.6. The summed E-state index contributed by atoms with van der Waals surface area (Å²) < 4.78 is 5.04. The van der Waals surface area contributed by atoms with Crippen molar-refractivity contribution in [3.8, 4) is 5.75 Å². The lowest BCUT2D eigenvalue weighted by atomic mass is 10.1. The molecule has 0 aliphatic heterocycles. The molecule has 0 bridgehead atoms. The third-order valence-corrected chi connectivity index (χ3v) is 2.08. The number of hydrogen-bond donors (Lipinski definition) is 0. The Labute approximate surface area is 83.1 Å². The number of azide groups is 1. The Morgan fingerprint density at radius 2 is 2.07 bits per heavy atom. The van der Waals surface area contributed by atoms with Crippen LogP contribution < -0.4 is 4.74 Å². The lowest BCUT2D eigenvalue weighted by Crippen LogP contribution is -1.92. The monoisotopic (exact) mass is 191 g/mol. The van der Waals surface area contributed by atoms with Crippen LogP contribution in [0.2, 0.25) is 0 Å². The van der Waals surface area contributed by atoms with Crippen LogP contribution in [0.5, 0.6) is 5.75 Å². The van der Waals surface area contributed by atoms with Gasteiger partial charge in [0.25, 0.3) is 0 Å². The van der Waals surface area contributed by atoms with E-state index in [-0.39, 0.29) is 6.04 Å². The molecule has 4 nitrogen and oxygen atoms in total. The SMILES string of the molecule is CCC(N=[N+]=[N-])c1ccc(OC)cc1. The molecule has 0 N–H and O–H groups in total. The van der Waals surface area contributed by atoms with Gasteiger partial charge in [0.1, 0.15) is 5.75 Å². The van der Waals surface area contributed by atoms with Crippen molar-refractivity contribution in [1.29, 1.82) is 0 Å². The van der Waals surface area contributed by atoms with E-state index in [0.717, 1.165) is 17.7 Å². The van der Waals surface area contributed by atoms with E-state index in [1.807, 2.05) is 31.2 Å². The van der Waals surface area contributed by atoms with Crippen LogP contribution in [-0.4, -0.2) is 7.11 Å². The molecule has 0 spiro atoms. The van der Waals surface area contributed by atoms with Gasteiger partial charge >= 0.3 is 0 Å². The van der Waals surface area contributed by atoms with E-state index in [0.29, 0.717) is 0 Å². The summed E-state index contributed by atoms with van der Waals surface area (Å²) in [4.78, 5) is 2.82. The van der Waals surface area contributed by atoms with Crippen LogP contribution in [0.25, 0.3) is 10.4 Å². The van der Waals surface area contributed by atoms with Crippen LogP contribution in [0.4, 0.5) is 0 Å². The van der Waals surface area contributed by atoms with Crippen LogP contribution in [0, 0.1) is 0 Å². The maximum Gasteiger partial charge on any atom is 0.118 e. The Bertz CT molecular complexity index is 328. The maximum atomic E-state index is 8.36. The molecule has 0 aromatic heterocycles. The van der Waals surface area contributed by atoms with Crippen LogP contribution in [0.3, 0.4) is 0 Å². The second-order valence-corrected chi connectivity index (χ2v) is 2.90. The second kappa shape index (κ2) is 5.14. The van der Waals surface area contributed by atoms with E-state index in [2.05, 4.69) is 10.0 Å². The van der Waals surface area contributed by atoms with Gasteiger partial charge in [-0.25, -0.2) is 0 Å². The third kappa shape index (κ3) is 2.41. The van der Waals surface area contributed by atoms with Crippen LogP contribution >= 0.6 is 0 Å². The molecule has 1 aromatic rings. The zero-order valence-corrected chi connectivity index (χ0v) is 8.34. The minimum atomic E-state index is -0.0779. The molecule has 14 heavy (non-hydrogen) atoms.